The summed E-state index contributed by atoms with van der Waals surface area (Å²) in [5.74, 6) is 0.0115. The van der Waals surface area contributed by atoms with Crippen molar-refractivity contribution >= 4 is 32.7 Å². The lowest BCUT2D eigenvalue weighted by molar-refractivity contribution is -0.113. The Kier molecular flexibility index (Phi) is 8.54. The second kappa shape index (κ2) is 9.64. The molecular formula is C19H28BrNO2S. The molecule has 1 aromatic carbocycles. The molecule has 1 aromatic rings. The van der Waals surface area contributed by atoms with Crippen LogP contribution >= 0.6 is 15.9 Å². The third-order valence-corrected chi connectivity index (χ3v) is 5.71. The largest absolute Gasteiger partial charge is 0.295 e. The summed E-state index contributed by atoms with van der Waals surface area (Å²) < 4.78 is 16.4. The molecule has 1 N–H and O–H groups in total. The Hall–Kier alpha value is -0.780. The SMILES string of the molecule is CCCC/C=C(\C(C)=O)[C@@H](NS(=O)C(C)(C)C)c1ccc(Br)cc1. The molecule has 3 nitrogen and oxygen atoms in total. The average Bonchev–Trinajstić information content (AvgIpc) is 2.49. The normalized spacial score (nSPS) is 15.2. The molecular weight excluding hydrogens is 386 g/mol. The quantitative estimate of drug-likeness (QED) is 0.467. The fourth-order valence-corrected chi connectivity index (χ4v) is 3.27. The molecule has 24 heavy (non-hydrogen) atoms. The van der Waals surface area contributed by atoms with Crippen LogP contribution in [0.25, 0.3) is 0 Å². The Balaban J connectivity index is 3.24. The summed E-state index contributed by atoms with van der Waals surface area (Å²) >= 11 is 3.43. The van der Waals surface area contributed by atoms with Crippen molar-refractivity contribution in [3.05, 3.63) is 46.0 Å². The van der Waals surface area contributed by atoms with Crippen molar-refractivity contribution in [3.8, 4) is 0 Å². The van der Waals surface area contributed by atoms with Crippen LogP contribution in [0, 0.1) is 0 Å². The van der Waals surface area contributed by atoms with Gasteiger partial charge >= 0.3 is 0 Å². The minimum absolute atomic E-state index is 0.0115. The highest BCUT2D eigenvalue weighted by Crippen LogP contribution is 2.27. The van der Waals surface area contributed by atoms with Gasteiger partial charge in [0.2, 0.25) is 0 Å². The zero-order valence-electron chi connectivity index (χ0n) is 15.2. The molecule has 0 spiro atoms. The van der Waals surface area contributed by atoms with E-state index in [9.17, 15) is 9.00 Å². The highest BCUT2D eigenvalue weighted by Gasteiger charge is 2.27. The van der Waals surface area contributed by atoms with Crippen molar-refractivity contribution in [3.63, 3.8) is 0 Å². The van der Waals surface area contributed by atoms with Gasteiger partial charge in [-0.25, -0.2) is 8.93 Å². The summed E-state index contributed by atoms with van der Waals surface area (Å²) in [6.07, 6.45) is 4.95. The molecule has 134 valence electrons. The van der Waals surface area contributed by atoms with Crippen LogP contribution < -0.4 is 4.72 Å². The van der Waals surface area contributed by atoms with Crippen LogP contribution in [0.2, 0.25) is 0 Å². The second-order valence-electron chi connectivity index (χ2n) is 6.84. The van der Waals surface area contributed by atoms with Crippen LogP contribution in [0.4, 0.5) is 0 Å². The third-order valence-electron chi connectivity index (χ3n) is 3.62. The number of rotatable bonds is 8. The van der Waals surface area contributed by atoms with Crippen molar-refractivity contribution in [2.45, 2.75) is 64.7 Å². The molecule has 0 aliphatic carbocycles. The van der Waals surface area contributed by atoms with Gasteiger partial charge in [-0.15, -0.1) is 0 Å². The summed E-state index contributed by atoms with van der Waals surface area (Å²) in [7, 11) is -1.27. The summed E-state index contributed by atoms with van der Waals surface area (Å²) in [6.45, 7) is 9.46. The minimum Gasteiger partial charge on any atom is -0.295 e. The van der Waals surface area contributed by atoms with Crippen molar-refractivity contribution in [2.24, 2.45) is 0 Å². The Morgan fingerprint density at radius 2 is 1.88 bits per heavy atom. The number of carbonyl (C=O) groups is 1. The maximum atomic E-state index is 12.6. The second-order valence-corrected chi connectivity index (χ2v) is 9.75. The van der Waals surface area contributed by atoms with Crippen LogP contribution in [0.3, 0.4) is 0 Å². The standard InChI is InChI=1S/C19H28BrNO2S/c1-6-7-8-9-17(14(2)22)18(21-24(23)19(3,4)5)15-10-12-16(20)13-11-15/h9-13,18,21H,6-8H2,1-5H3/b17-9+/t18-,24?/m0/s1. The molecule has 0 radical (unpaired) electrons. The molecule has 0 aliphatic rings. The van der Waals surface area contributed by atoms with Crippen LogP contribution in [-0.4, -0.2) is 14.7 Å². The maximum Gasteiger partial charge on any atom is 0.157 e. The van der Waals surface area contributed by atoms with E-state index in [1.54, 1.807) is 6.92 Å². The van der Waals surface area contributed by atoms with Gasteiger partial charge in [-0.1, -0.05) is 53.9 Å². The predicted molar refractivity (Wildman–Crippen MR) is 106 cm³/mol. The smallest absolute Gasteiger partial charge is 0.157 e. The maximum absolute atomic E-state index is 12.6. The predicted octanol–water partition coefficient (Wildman–Crippen LogP) is 5.25. The van der Waals surface area contributed by atoms with Crippen LogP contribution in [0.15, 0.2) is 40.4 Å². The molecule has 0 bridgehead atoms. The average molecular weight is 414 g/mol. The van der Waals surface area contributed by atoms with E-state index in [4.69, 9.17) is 0 Å². The highest BCUT2D eigenvalue weighted by atomic mass is 79.9. The molecule has 0 fully saturated rings. The summed E-state index contributed by atoms with van der Waals surface area (Å²) in [6, 6.07) is 7.42. The summed E-state index contributed by atoms with van der Waals surface area (Å²) in [4.78, 5) is 12.2. The molecule has 5 heteroatoms. The molecule has 0 aliphatic heterocycles. The molecule has 1 rings (SSSR count). The van der Waals surface area contributed by atoms with Gasteiger partial charge in [0.1, 0.15) is 0 Å². The van der Waals surface area contributed by atoms with E-state index >= 15 is 0 Å². The fraction of sp³-hybridized carbons (Fsp3) is 0.526. The first-order chi connectivity index (χ1) is 11.2. The highest BCUT2D eigenvalue weighted by molar-refractivity contribution is 9.10. The van der Waals surface area contributed by atoms with Crippen LogP contribution in [-0.2, 0) is 15.8 Å². The summed E-state index contributed by atoms with van der Waals surface area (Å²) in [5, 5.41) is 0. The van der Waals surface area contributed by atoms with Crippen LogP contribution in [0.5, 0.6) is 0 Å². The summed E-state index contributed by atoms with van der Waals surface area (Å²) in [5.41, 5.74) is 1.62. The number of allylic oxidation sites excluding steroid dienone is 1. The topological polar surface area (TPSA) is 46.2 Å². The fourth-order valence-electron chi connectivity index (χ4n) is 2.18. The molecule has 0 saturated heterocycles. The van der Waals surface area contributed by atoms with E-state index in [1.165, 1.54) is 0 Å². The van der Waals surface area contributed by atoms with E-state index in [0.717, 1.165) is 29.3 Å². The lowest BCUT2D eigenvalue weighted by atomic mass is 9.95. The van der Waals surface area contributed by atoms with E-state index in [1.807, 2.05) is 51.1 Å². The Bertz CT molecular complexity index is 603. The number of benzene rings is 1. The van der Waals surface area contributed by atoms with Gasteiger partial charge in [-0.3, -0.25) is 4.79 Å². The van der Waals surface area contributed by atoms with Crippen molar-refractivity contribution in [1.29, 1.82) is 0 Å². The van der Waals surface area contributed by atoms with Crippen molar-refractivity contribution < 1.29 is 9.00 Å². The minimum atomic E-state index is -1.27. The number of unbranched alkanes of at least 4 members (excludes halogenated alkanes) is 2. The number of ketones is 1. The molecule has 0 aromatic heterocycles. The lowest BCUT2D eigenvalue weighted by Gasteiger charge is -2.26. The number of Topliss-reactive ketones (excluding diaryl/α,β-unsaturated/α-hetero) is 1. The lowest BCUT2D eigenvalue weighted by Crippen LogP contribution is -2.37. The van der Waals surface area contributed by atoms with Gasteiger partial charge in [-0.2, -0.15) is 0 Å². The number of nitrogens with one attached hydrogen (secondary N) is 1. The van der Waals surface area contributed by atoms with Crippen LogP contribution in [0.1, 0.15) is 65.5 Å². The van der Waals surface area contributed by atoms with Crippen molar-refractivity contribution in [1.82, 2.24) is 4.72 Å². The monoisotopic (exact) mass is 413 g/mol. The van der Waals surface area contributed by atoms with Gasteiger partial charge in [0.15, 0.2) is 5.78 Å². The zero-order chi connectivity index (χ0) is 18.3. The van der Waals surface area contributed by atoms with E-state index < -0.39 is 15.7 Å². The number of hydrogen-bond acceptors (Lipinski definition) is 2. The molecule has 0 saturated carbocycles. The Morgan fingerprint density at radius 3 is 2.33 bits per heavy atom. The zero-order valence-corrected chi connectivity index (χ0v) is 17.6. The van der Waals surface area contributed by atoms with Gasteiger partial charge < -0.3 is 0 Å². The van der Waals surface area contributed by atoms with E-state index in [2.05, 4.69) is 27.6 Å². The first-order valence-corrected chi connectivity index (χ1v) is 10.3. The first kappa shape index (κ1) is 21.3. The van der Waals surface area contributed by atoms with E-state index in [-0.39, 0.29) is 11.8 Å². The van der Waals surface area contributed by atoms with Gasteiger partial charge in [0, 0.05) is 10.0 Å². The van der Waals surface area contributed by atoms with Crippen molar-refractivity contribution in [2.75, 3.05) is 0 Å². The van der Waals surface area contributed by atoms with Gasteiger partial charge in [-0.05, 0) is 51.8 Å². The molecule has 0 heterocycles. The Labute approximate surface area is 157 Å². The van der Waals surface area contributed by atoms with E-state index in [0.29, 0.717) is 5.57 Å². The molecule has 2 atom stereocenters. The van der Waals surface area contributed by atoms with Gasteiger partial charge in [0.25, 0.3) is 0 Å². The molecule has 0 amide bonds. The van der Waals surface area contributed by atoms with Gasteiger partial charge in [0.05, 0.1) is 21.8 Å². The molecule has 1 unspecified atom stereocenters. The number of hydrogen-bond donors (Lipinski definition) is 1. The first-order valence-electron chi connectivity index (χ1n) is 8.31. The third kappa shape index (κ3) is 6.61. The number of carbonyl (C=O) groups excluding carboxylic acids is 1. The Morgan fingerprint density at radius 1 is 1.29 bits per heavy atom. The number of halogens is 1.